The molecule has 0 spiro atoms. The number of carbonyl (C=O) groups is 1. The quantitative estimate of drug-likeness (QED) is 0.771. The molecule has 0 aliphatic carbocycles. The van der Waals surface area contributed by atoms with Gasteiger partial charge in [0.05, 0.1) is 0 Å². The zero-order valence-electron chi connectivity index (χ0n) is 13.1. The molecule has 6 heteroatoms. The highest BCUT2D eigenvalue weighted by atomic mass is 19.4. The van der Waals surface area contributed by atoms with Crippen LogP contribution in [-0.4, -0.2) is 12.1 Å². The van der Waals surface area contributed by atoms with E-state index in [0.29, 0.717) is 23.4 Å². The molecule has 0 saturated heterocycles. The van der Waals surface area contributed by atoms with E-state index in [1.54, 1.807) is 30.3 Å². The van der Waals surface area contributed by atoms with Crippen molar-refractivity contribution in [2.45, 2.75) is 31.9 Å². The summed E-state index contributed by atoms with van der Waals surface area (Å²) in [7, 11) is 0. The number of para-hydroxylation sites is 2. The minimum Gasteiger partial charge on any atom is -0.399 e. The normalized spacial score (nSPS) is 11.3. The number of hydrogen-bond acceptors (Lipinski definition) is 2. The summed E-state index contributed by atoms with van der Waals surface area (Å²) in [6.07, 6.45) is -4.61. The molecule has 0 radical (unpaired) electrons. The molecule has 2 aromatic carbocycles. The number of halogens is 3. The molecular formula is C18H19F3N2O. The third-order valence-corrected chi connectivity index (χ3v) is 3.65. The third-order valence-electron chi connectivity index (χ3n) is 3.65. The summed E-state index contributed by atoms with van der Waals surface area (Å²) in [5.41, 5.74) is 8.22. The van der Waals surface area contributed by atoms with E-state index in [9.17, 15) is 18.0 Å². The van der Waals surface area contributed by atoms with E-state index in [2.05, 4.69) is 5.32 Å². The molecule has 0 aliphatic rings. The number of nitrogen functional groups attached to an aromatic ring is 1. The minimum absolute atomic E-state index is 0.161. The third kappa shape index (κ3) is 5.61. The van der Waals surface area contributed by atoms with Gasteiger partial charge in [0.25, 0.3) is 0 Å². The number of aryl methyl sites for hydroxylation is 2. The van der Waals surface area contributed by atoms with Crippen LogP contribution in [0.5, 0.6) is 0 Å². The topological polar surface area (TPSA) is 55.1 Å². The van der Waals surface area contributed by atoms with Gasteiger partial charge in [-0.15, -0.1) is 0 Å². The molecular weight excluding hydrogens is 317 g/mol. The van der Waals surface area contributed by atoms with Gasteiger partial charge >= 0.3 is 6.18 Å². The first kappa shape index (κ1) is 17.8. The molecule has 0 aliphatic heterocycles. The first-order valence-corrected chi connectivity index (χ1v) is 7.63. The number of rotatable bonds is 6. The Balaban J connectivity index is 1.95. The molecule has 3 N–H and O–H groups in total. The van der Waals surface area contributed by atoms with E-state index < -0.39 is 12.6 Å². The molecule has 2 aromatic rings. The van der Waals surface area contributed by atoms with Crippen molar-refractivity contribution in [1.29, 1.82) is 0 Å². The molecule has 0 unspecified atom stereocenters. The van der Waals surface area contributed by atoms with Crippen molar-refractivity contribution in [2.75, 3.05) is 11.1 Å². The second-order valence-corrected chi connectivity index (χ2v) is 5.52. The number of carbonyl (C=O) groups excluding carboxylic acids is 1. The van der Waals surface area contributed by atoms with Crippen molar-refractivity contribution < 1.29 is 18.0 Å². The van der Waals surface area contributed by atoms with E-state index in [4.69, 9.17) is 5.73 Å². The highest BCUT2D eigenvalue weighted by Gasteiger charge is 2.27. The Kier molecular flexibility index (Phi) is 5.84. The molecule has 3 nitrogen and oxygen atoms in total. The summed E-state index contributed by atoms with van der Waals surface area (Å²) in [5.74, 6) is -0.252. The maximum Gasteiger partial charge on any atom is 0.389 e. The highest BCUT2D eigenvalue weighted by Crippen LogP contribution is 2.25. The molecule has 0 bridgehead atoms. The van der Waals surface area contributed by atoms with E-state index in [-0.39, 0.29) is 18.7 Å². The average molecular weight is 336 g/mol. The van der Waals surface area contributed by atoms with Gasteiger partial charge in [-0.05, 0) is 36.1 Å². The van der Waals surface area contributed by atoms with Crippen molar-refractivity contribution in [2.24, 2.45) is 0 Å². The molecule has 128 valence electrons. The van der Waals surface area contributed by atoms with Crippen LogP contribution in [0.1, 0.15) is 24.0 Å². The Labute approximate surface area is 138 Å². The van der Waals surface area contributed by atoms with E-state index in [1.165, 1.54) is 0 Å². The summed E-state index contributed by atoms with van der Waals surface area (Å²) in [5, 5.41) is 2.69. The Hall–Kier alpha value is -2.50. The highest BCUT2D eigenvalue weighted by molar-refractivity contribution is 5.91. The van der Waals surface area contributed by atoms with Gasteiger partial charge in [-0.2, -0.15) is 13.2 Å². The smallest absolute Gasteiger partial charge is 0.389 e. The van der Waals surface area contributed by atoms with Gasteiger partial charge in [-0.3, -0.25) is 4.79 Å². The second kappa shape index (κ2) is 7.86. The van der Waals surface area contributed by atoms with Crippen LogP contribution >= 0.6 is 0 Å². The molecule has 2 rings (SSSR count). The van der Waals surface area contributed by atoms with Crippen LogP contribution in [-0.2, 0) is 17.6 Å². The molecule has 0 heterocycles. The van der Waals surface area contributed by atoms with Gasteiger partial charge in [0.2, 0.25) is 5.91 Å². The van der Waals surface area contributed by atoms with Crippen molar-refractivity contribution >= 4 is 17.3 Å². The molecule has 1 amide bonds. The summed E-state index contributed by atoms with van der Waals surface area (Å²) < 4.78 is 37.1. The van der Waals surface area contributed by atoms with Crippen molar-refractivity contribution in [3.8, 4) is 0 Å². The number of nitrogens with one attached hydrogen (secondary N) is 1. The Morgan fingerprint density at radius 1 is 0.958 bits per heavy atom. The van der Waals surface area contributed by atoms with E-state index in [1.807, 2.05) is 18.2 Å². The van der Waals surface area contributed by atoms with Crippen LogP contribution < -0.4 is 11.1 Å². The minimum atomic E-state index is -4.22. The van der Waals surface area contributed by atoms with E-state index >= 15 is 0 Å². The first-order chi connectivity index (χ1) is 11.3. The number of nitrogens with two attached hydrogens (primary N) is 1. The lowest BCUT2D eigenvalue weighted by atomic mass is 10.1. The summed E-state index contributed by atoms with van der Waals surface area (Å²) in [6.45, 7) is 0. The first-order valence-electron chi connectivity index (χ1n) is 7.63. The molecule has 24 heavy (non-hydrogen) atoms. The number of amides is 1. The zero-order valence-corrected chi connectivity index (χ0v) is 13.1. The SMILES string of the molecule is Nc1ccccc1CCC(=O)Nc1ccccc1CCC(F)(F)F. The average Bonchev–Trinajstić information content (AvgIpc) is 2.52. The van der Waals surface area contributed by atoms with Crippen molar-refractivity contribution in [3.63, 3.8) is 0 Å². The van der Waals surface area contributed by atoms with Crippen molar-refractivity contribution in [1.82, 2.24) is 0 Å². The number of benzene rings is 2. The standard InChI is InChI=1S/C18H19F3N2O/c19-18(20,21)12-11-14-6-2-4-8-16(14)23-17(24)10-9-13-5-1-3-7-15(13)22/h1-8H,9-12,22H2,(H,23,24). The second-order valence-electron chi connectivity index (χ2n) is 5.52. The molecule has 0 atom stereocenters. The summed E-state index contributed by atoms with van der Waals surface area (Å²) in [6, 6.07) is 13.8. The number of hydrogen-bond donors (Lipinski definition) is 2. The van der Waals surface area contributed by atoms with Gasteiger partial charge in [0.1, 0.15) is 0 Å². The lowest BCUT2D eigenvalue weighted by Crippen LogP contribution is -2.15. The fraction of sp³-hybridized carbons (Fsp3) is 0.278. The van der Waals surface area contributed by atoms with Gasteiger partial charge in [-0.25, -0.2) is 0 Å². The fourth-order valence-corrected chi connectivity index (χ4v) is 2.36. The largest absolute Gasteiger partial charge is 0.399 e. The Morgan fingerprint density at radius 2 is 1.58 bits per heavy atom. The van der Waals surface area contributed by atoms with Gasteiger partial charge in [0.15, 0.2) is 0 Å². The van der Waals surface area contributed by atoms with Gasteiger partial charge in [-0.1, -0.05) is 36.4 Å². The lowest BCUT2D eigenvalue weighted by Gasteiger charge is -2.12. The van der Waals surface area contributed by atoms with Gasteiger partial charge in [0, 0.05) is 24.2 Å². The van der Waals surface area contributed by atoms with E-state index in [0.717, 1.165) is 5.56 Å². The van der Waals surface area contributed by atoms with Crippen LogP contribution in [0, 0.1) is 0 Å². The Bertz CT molecular complexity index is 699. The number of alkyl halides is 3. The zero-order chi connectivity index (χ0) is 17.6. The fourth-order valence-electron chi connectivity index (χ4n) is 2.36. The van der Waals surface area contributed by atoms with Gasteiger partial charge < -0.3 is 11.1 Å². The summed E-state index contributed by atoms with van der Waals surface area (Å²) in [4.78, 5) is 12.1. The van der Waals surface area contributed by atoms with Crippen LogP contribution in [0.25, 0.3) is 0 Å². The van der Waals surface area contributed by atoms with Crippen LogP contribution in [0.2, 0.25) is 0 Å². The Morgan fingerprint density at radius 3 is 2.25 bits per heavy atom. The molecule has 0 aromatic heterocycles. The number of anilines is 2. The maximum absolute atomic E-state index is 12.4. The predicted octanol–water partition coefficient (Wildman–Crippen LogP) is 4.34. The predicted molar refractivity (Wildman–Crippen MR) is 88.6 cm³/mol. The summed E-state index contributed by atoms with van der Waals surface area (Å²) >= 11 is 0. The maximum atomic E-state index is 12.4. The van der Waals surface area contributed by atoms with Crippen molar-refractivity contribution in [3.05, 3.63) is 59.7 Å². The monoisotopic (exact) mass is 336 g/mol. The molecule has 0 fully saturated rings. The van der Waals surface area contributed by atoms with Crippen LogP contribution in [0.4, 0.5) is 24.5 Å². The lowest BCUT2D eigenvalue weighted by molar-refractivity contribution is -0.133. The van der Waals surface area contributed by atoms with Crippen LogP contribution in [0.3, 0.4) is 0 Å². The van der Waals surface area contributed by atoms with Crippen LogP contribution in [0.15, 0.2) is 48.5 Å². The molecule has 0 saturated carbocycles.